The lowest BCUT2D eigenvalue weighted by Gasteiger charge is -2.13. The average Bonchev–Trinajstić information content (AvgIpc) is 2.98. The first-order valence-electron chi connectivity index (χ1n) is 7.74. The van der Waals surface area contributed by atoms with Crippen LogP contribution in [0.5, 0.6) is 0 Å². The Hall–Kier alpha value is -2.14. The second kappa shape index (κ2) is 6.75. The number of aromatic nitrogens is 2. The average molecular weight is 298 g/mol. The van der Waals surface area contributed by atoms with Crippen molar-refractivity contribution < 1.29 is 4.74 Å². The minimum atomic E-state index is 0.295. The lowest BCUT2D eigenvalue weighted by Crippen LogP contribution is -2.19. The van der Waals surface area contributed by atoms with Gasteiger partial charge in [0.1, 0.15) is 5.82 Å². The summed E-state index contributed by atoms with van der Waals surface area (Å²) in [5, 5.41) is 6.61. The maximum Gasteiger partial charge on any atom is 0.229 e. The first-order chi connectivity index (χ1) is 10.7. The van der Waals surface area contributed by atoms with Crippen LogP contribution in [0.2, 0.25) is 0 Å². The Kier molecular flexibility index (Phi) is 4.53. The molecular formula is C17H22N4O. The van der Waals surface area contributed by atoms with E-state index in [9.17, 15) is 0 Å². The number of benzene rings is 1. The van der Waals surface area contributed by atoms with Crippen LogP contribution in [0.25, 0.3) is 0 Å². The molecule has 2 aromatic rings. The first kappa shape index (κ1) is 14.8. The van der Waals surface area contributed by atoms with E-state index >= 15 is 0 Å². The molecule has 0 bridgehead atoms. The van der Waals surface area contributed by atoms with Gasteiger partial charge in [0.2, 0.25) is 5.95 Å². The highest BCUT2D eigenvalue weighted by Crippen LogP contribution is 2.18. The van der Waals surface area contributed by atoms with Crippen molar-refractivity contribution in [2.75, 3.05) is 23.8 Å². The van der Waals surface area contributed by atoms with Crippen molar-refractivity contribution in [2.24, 2.45) is 0 Å². The summed E-state index contributed by atoms with van der Waals surface area (Å²) >= 11 is 0. The van der Waals surface area contributed by atoms with Crippen molar-refractivity contribution in [2.45, 2.75) is 32.8 Å². The van der Waals surface area contributed by atoms with Gasteiger partial charge in [-0.3, -0.25) is 0 Å². The number of aryl methyl sites for hydroxylation is 2. The fraction of sp³-hybridized carbons (Fsp3) is 0.412. The van der Waals surface area contributed by atoms with E-state index < -0.39 is 0 Å². The minimum absolute atomic E-state index is 0.295. The van der Waals surface area contributed by atoms with E-state index in [1.165, 1.54) is 5.56 Å². The molecule has 116 valence electrons. The molecule has 1 aromatic heterocycles. The lowest BCUT2D eigenvalue weighted by molar-refractivity contribution is 0.120. The standard InChI is InChI=1S/C17H22N4O/c1-12-5-3-6-14(9-12)20-17-19-13(2)10-16(21-17)18-11-15-7-4-8-22-15/h3,5-6,9-10,15H,4,7-8,11H2,1-2H3,(H2,18,19,20,21). The van der Waals surface area contributed by atoms with Gasteiger partial charge in [-0.2, -0.15) is 4.98 Å². The summed E-state index contributed by atoms with van der Waals surface area (Å²) in [5.41, 5.74) is 3.13. The van der Waals surface area contributed by atoms with Crippen LogP contribution >= 0.6 is 0 Å². The van der Waals surface area contributed by atoms with E-state index in [0.29, 0.717) is 12.1 Å². The third-order valence-electron chi connectivity index (χ3n) is 3.66. The van der Waals surface area contributed by atoms with Crippen molar-refractivity contribution in [3.63, 3.8) is 0 Å². The van der Waals surface area contributed by atoms with Crippen molar-refractivity contribution >= 4 is 17.5 Å². The minimum Gasteiger partial charge on any atom is -0.376 e. The molecule has 22 heavy (non-hydrogen) atoms. The van der Waals surface area contributed by atoms with Crippen molar-refractivity contribution in [1.82, 2.24) is 9.97 Å². The molecule has 1 atom stereocenters. The molecule has 1 unspecified atom stereocenters. The SMILES string of the molecule is Cc1cccc(Nc2nc(C)cc(NCC3CCCO3)n2)c1. The molecule has 0 radical (unpaired) electrons. The number of hydrogen-bond acceptors (Lipinski definition) is 5. The van der Waals surface area contributed by atoms with E-state index in [-0.39, 0.29) is 0 Å². The second-order valence-corrected chi connectivity index (χ2v) is 5.73. The van der Waals surface area contributed by atoms with E-state index in [1.807, 2.05) is 25.1 Å². The monoisotopic (exact) mass is 298 g/mol. The van der Waals surface area contributed by atoms with Crippen LogP contribution in [-0.4, -0.2) is 29.2 Å². The molecule has 3 rings (SSSR count). The molecule has 0 saturated carbocycles. The van der Waals surface area contributed by atoms with Crippen LogP contribution in [0.15, 0.2) is 30.3 Å². The largest absolute Gasteiger partial charge is 0.376 e. The number of anilines is 3. The molecule has 2 N–H and O–H groups in total. The van der Waals surface area contributed by atoms with Crippen LogP contribution in [0, 0.1) is 13.8 Å². The van der Waals surface area contributed by atoms with Gasteiger partial charge in [-0.05, 0) is 44.4 Å². The number of ether oxygens (including phenoxy) is 1. The van der Waals surface area contributed by atoms with E-state index in [0.717, 1.165) is 43.2 Å². The summed E-state index contributed by atoms with van der Waals surface area (Å²) < 4.78 is 5.62. The van der Waals surface area contributed by atoms with Crippen molar-refractivity contribution in [3.8, 4) is 0 Å². The predicted octanol–water partition coefficient (Wildman–Crippen LogP) is 3.43. The van der Waals surface area contributed by atoms with Crippen LogP contribution in [0.3, 0.4) is 0 Å². The summed E-state index contributed by atoms with van der Waals surface area (Å²) in [7, 11) is 0. The third-order valence-corrected chi connectivity index (χ3v) is 3.66. The zero-order valence-electron chi connectivity index (χ0n) is 13.1. The van der Waals surface area contributed by atoms with Gasteiger partial charge in [0.05, 0.1) is 6.10 Å². The Morgan fingerprint density at radius 3 is 2.91 bits per heavy atom. The smallest absolute Gasteiger partial charge is 0.229 e. The highest BCUT2D eigenvalue weighted by Gasteiger charge is 2.15. The molecule has 0 spiro atoms. The zero-order valence-corrected chi connectivity index (χ0v) is 13.1. The summed E-state index contributed by atoms with van der Waals surface area (Å²) in [4.78, 5) is 8.98. The Labute approximate surface area is 131 Å². The second-order valence-electron chi connectivity index (χ2n) is 5.73. The topological polar surface area (TPSA) is 59.1 Å². The van der Waals surface area contributed by atoms with Gasteiger partial charge in [-0.25, -0.2) is 4.98 Å². The van der Waals surface area contributed by atoms with Crippen LogP contribution in [0.1, 0.15) is 24.1 Å². The maximum absolute atomic E-state index is 5.62. The Bertz CT molecular complexity index is 638. The third kappa shape index (κ3) is 3.95. The molecule has 0 amide bonds. The normalized spacial score (nSPS) is 17.5. The maximum atomic E-state index is 5.62. The molecular weight excluding hydrogens is 276 g/mol. The number of nitrogens with zero attached hydrogens (tertiary/aromatic N) is 2. The quantitative estimate of drug-likeness (QED) is 0.885. The number of hydrogen-bond donors (Lipinski definition) is 2. The van der Waals surface area contributed by atoms with Gasteiger partial charge in [-0.15, -0.1) is 0 Å². The molecule has 2 heterocycles. The van der Waals surface area contributed by atoms with Crippen molar-refractivity contribution in [3.05, 3.63) is 41.6 Å². The van der Waals surface area contributed by atoms with Crippen LogP contribution in [-0.2, 0) is 4.74 Å². The summed E-state index contributed by atoms with van der Waals surface area (Å²) in [6, 6.07) is 10.1. The van der Waals surface area contributed by atoms with Crippen LogP contribution < -0.4 is 10.6 Å². The summed E-state index contributed by atoms with van der Waals surface area (Å²) in [5.74, 6) is 1.44. The van der Waals surface area contributed by atoms with Gasteiger partial charge >= 0.3 is 0 Å². The molecule has 0 aliphatic carbocycles. The Balaban J connectivity index is 1.68. The molecule has 1 aromatic carbocycles. The van der Waals surface area contributed by atoms with Gasteiger partial charge in [-0.1, -0.05) is 12.1 Å². The fourth-order valence-corrected chi connectivity index (χ4v) is 2.59. The molecule has 5 heteroatoms. The number of rotatable bonds is 5. The summed E-state index contributed by atoms with van der Waals surface area (Å²) in [6.45, 7) is 5.70. The molecule has 1 fully saturated rings. The molecule has 5 nitrogen and oxygen atoms in total. The highest BCUT2D eigenvalue weighted by atomic mass is 16.5. The van der Waals surface area contributed by atoms with Gasteiger partial charge < -0.3 is 15.4 Å². The Morgan fingerprint density at radius 1 is 1.23 bits per heavy atom. The van der Waals surface area contributed by atoms with E-state index in [4.69, 9.17) is 4.74 Å². The van der Waals surface area contributed by atoms with Crippen molar-refractivity contribution in [1.29, 1.82) is 0 Å². The van der Waals surface area contributed by atoms with E-state index in [1.54, 1.807) is 0 Å². The van der Waals surface area contributed by atoms with Gasteiger partial charge in [0.15, 0.2) is 0 Å². The lowest BCUT2D eigenvalue weighted by atomic mass is 10.2. The zero-order chi connectivity index (χ0) is 15.4. The molecule has 1 aliphatic rings. The fourth-order valence-electron chi connectivity index (χ4n) is 2.59. The van der Waals surface area contributed by atoms with Gasteiger partial charge in [0.25, 0.3) is 0 Å². The van der Waals surface area contributed by atoms with Crippen LogP contribution in [0.4, 0.5) is 17.5 Å². The predicted molar refractivity (Wildman–Crippen MR) is 88.7 cm³/mol. The Morgan fingerprint density at radius 2 is 2.14 bits per heavy atom. The highest BCUT2D eigenvalue weighted by molar-refractivity contribution is 5.56. The van der Waals surface area contributed by atoms with Gasteiger partial charge in [0, 0.05) is 30.6 Å². The van der Waals surface area contributed by atoms with E-state index in [2.05, 4.69) is 39.7 Å². The summed E-state index contributed by atoms with van der Waals surface area (Å²) in [6.07, 6.45) is 2.56. The number of nitrogens with one attached hydrogen (secondary N) is 2. The molecule has 1 saturated heterocycles. The molecule has 1 aliphatic heterocycles. The first-order valence-corrected chi connectivity index (χ1v) is 7.74.